The van der Waals surface area contributed by atoms with Gasteiger partial charge in [-0.3, -0.25) is 19.7 Å². The molecule has 9 nitrogen and oxygen atoms in total. The summed E-state index contributed by atoms with van der Waals surface area (Å²) < 4.78 is 0. The summed E-state index contributed by atoms with van der Waals surface area (Å²) in [4.78, 5) is 43.3. The van der Waals surface area contributed by atoms with Gasteiger partial charge in [-0.15, -0.1) is 0 Å². The quantitative estimate of drug-likeness (QED) is 0.521. The van der Waals surface area contributed by atoms with Gasteiger partial charge in [0.2, 0.25) is 0 Å². The molecule has 1 aromatic carbocycles. The maximum Gasteiger partial charge on any atom is 0.326 e. The van der Waals surface area contributed by atoms with Crippen LogP contribution in [-0.4, -0.2) is 39.0 Å². The lowest BCUT2D eigenvalue weighted by molar-refractivity contribution is -0.385. The van der Waals surface area contributed by atoms with E-state index in [0.29, 0.717) is 0 Å². The molecule has 0 aromatic heterocycles. The van der Waals surface area contributed by atoms with Crippen molar-refractivity contribution in [2.24, 2.45) is 0 Å². The molecular weight excluding hydrogens is 308 g/mol. The highest BCUT2D eigenvalue weighted by atomic mass is 35.5. The number of rotatable bonds is 6. The van der Waals surface area contributed by atoms with Crippen LogP contribution in [0.15, 0.2) is 18.2 Å². The molecule has 0 saturated carbocycles. The third-order valence-corrected chi connectivity index (χ3v) is 2.71. The van der Waals surface area contributed by atoms with E-state index in [2.05, 4.69) is 0 Å². The van der Waals surface area contributed by atoms with Crippen LogP contribution in [0.4, 0.5) is 5.69 Å². The molecule has 1 amide bonds. The van der Waals surface area contributed by atoms with Gasteiger partial charge in [0.1, 0.15) is 11.6 Å². The van der Waals surface area contributed by atoms with Crippen LogP contribution in [0.2, 0.25) is 5.02 Å². The Morgan fingerprint density at radius 3 is 2.43 bits per heavy atom. The van der Waals surface area contributed by atoms with E-state index in [-0.39, 0.29) is 5.02 Å². The van der Waals surface area contributed by atoms with E-state index < -0.39 is 46.5 Å². The van der Waals surface area contributed by atoms with Crippen LogP contribution in [0.1, 0.15) is 16.8 Å². The van der Waals surface area contributed by atoms with Gasteiger partial charge in [-0.05, 0) is 6.07 Å². The molecule has 1 rings (SSSR count). The third kappa shape index (κ3) is 4.14. The van der Waals surface area contributed by atoms with Crippen molar-refractivity contribution >= 4 is 35.1 Å². The Morgan fingerprint density at radius 2 is 1.95 bits per heavy atom. The van der Waals surface area contributed by atoms with E-state index >= 15 is 0 Å². The number of nitro groups is 1. The Bertz CT molecular complexity index is 617. The normalized spacial score (nSPS) is 11.5. The van der Waals surface area contributed by atoms with E-state index in [1.165, 1.54) is 12.1 Å². The number of carboxylic acid groups (broad SMARTS) is 2. The highest BCUT2D eigenvalue weighted by Crippen LogP contribution is 2.26. The molecule has 0 aliphatic carbocycles. The van der Waals surface area contributed by atoms with Gasteiger partial charge in [-0.25, -0.2) is 4.79 Å². The molecule has 0 saturated heterocycles. The fraction of sp³-hybridized carbons (Fsp3) is 0.182. The van der Waals surface area contributed by atoms with Gasteiger partial charge >= 0.3 is 11.9 Å². The van der Waals surface area contributed by atoms with Crippen LogP contribution < -0.4 is 5.32 Å². The number of benzene rings is 1. The Labute approximate surface area is 122 Å². The lowest BCUT2D eigenvalue weighted by atomic mass is 10.1. The predicted octanol–water partition coefficient (Wildman–Crippen LogP) is 0.906. The molecule has 0 bridgehead atoms. The van der Waals surface area contributed by atoms with Gasteiger partial charge in [0.15, 0.2) is 0 Å². The number of nitro benzene ring substituents is 1. The number of nitrogens with one attached hydrogen (secondary N) is 1. The number of halogens is 1. The molecule has 0 fully saturated rings. The zero-order valence-corrected chi connectivity index (χ0v) is 11.0. The lowest BCUT2D eigenvalue weighted by Crippen LogP contribution is -2.42. The van der Waals surface area contributed by atoms with Crippen LogP contribution in [0.3, 0.4) is 0 Å². The molecule has 0 aliphatic heterocycles. The minimum absolute atomic E-state index is 0.249. The molecule has 3 N–H and O–H groups in total. The second kappa shape index (κ2) is 6.66. The first-order chi connectivity index (χ1) is 9.73. The monoisotopic (exact) mass is 316 g/mol. The summed E-state index contributed by atoms with van der Waals surface area (Å²) in [7, 11) is 0. The lowest BCUT2D eigenvalue weighted by Gasteiger charge is -2.13. The maximum absolute atomic E-state index is 11.9. The van der Waals surface area contributed by atoms with Crippen LogP contribution in [0, 0.1) is 10.1 Å². The van der Waals surface area contributed by atoms with Crippen molar-refractivity contribution in [3.05, 3.63) is 38.9 Å². The number of aliphatic carboxylic acids is 2. The first-order valence-electron chi connectivity index (χ1n) is 5.42. The SMILES string of the molecule is O=C(O)C[C@@H](NC(=O)c1c(Cl)cccc1[N+](=O)[O-])C(=O)O. The smallest absolute Gasteiger partial charge is 0.326 e. The summed E-state index contributed by atoms with van der Waals surface area (Å²) in [5.41, 5.74) is -1.14. The summed E-state index contributed by atoms with van der Waals surface area (Å²) in [6, 6.07) is 1.76. The van der Waals surface area contributed by atoms with Crippen LogP contribution in [0.25, 0.3) is 0 Å². The van der Waals surface area contributed by atoms with Gasteiger partial charge in [0.25, 0.3) is 11.6 Å². The number of carbonyl (C=O) groups is 3. The molecule has 0 unspecified atom stereocenters. The minimum atomic E-state index is -1.73. The van der Waals surface area contributed by atoms with Crippen molar-refractivity contribution in [1.29, 1.82) is 0 Å². The van der Waals surface area contributed by atoms with E-state index in [4.69, 9.17) is 21.8 Å². The standard InChI is InChI=1S/C11H9ClN2O7/c12-5-2-1-3-7(14(20)21)9(5)10(17)13-6(11(18)19)4-8(15)16/h1-3,6H,4H2,(H,13,17)(H,15,16)(H,18,19)/t6-/m1/s1. The summed E-state index contributed by atoms with van der Waals surface area (Å²) in [6.45, 7) is 0. The summed E-state index contributed by atoms with van der Waals surface area (Å²) in [5.74, 6) is -4.17. The molecular formula is C11H9ClN2O7. The highest BCUT2D eigenvalue weighted by molar-refractivity contribution is 6.34. The van der Waals surface area contributed by atoms with Gasteiger partial charge in [0, 0.05) is 6.07 Å². The fourth-order valence-electron chi connectivity index (χ4n) is 1.49. The molecule has 0 spiro atoms. The van der Waals surface area contributed by atoms with Crippen molar-refractivity contribution < 1.29 is 29.5 Å². The van der Waals surface area contributed by atoms with E-state index in [1.807, 2.05) is 5.32 Å². The second-order valence-electron chi connectivity index (χ2n) is 3.85. The average Bonchev–Trinajstić information content (AvgIpc) is 2.36. The Morgan fingerprint density at radius 1 is 1.33 bits per heavy atom. The first kappa shape index (κ1) is 16.4. The van der Waals surface area contributed by atoms with Crippen molar-refractivity contribution in [3.8, 4) is 0 Å². The zero-order valence-electron chi connectivity index (χ0n) is 10.3. The molecule has 21 heavy (non-hydrogen) atoms. The second-order valence-corrected chi connectivity index (χ2v) is 4.26. The summed E-state index contributed by atoms with van der Waals surface area (Å²) >= 11 is 5.71. The molecule has 0 radical (unpaired) electrons. The molecule has 112 valence electrons. The van der Waals surface area contributed by atoms with Crippen LogP contribution in [-0.2, 0) is 9.59 Å². The largest absolute Gasteiger partial charge is 0.481 e. The zero-order chi connectivity index (χ0) is 16.2. The average molecular weight is 317 g/mol. The highest BCUT2D eigenvalue weighted by Gasteiger charge is 2.28. The minimum Gasteiger partial charge on any atom is -0.481 e. The van der Waals surface area contributed by atoms with Crippen LogP contribution >= 0.6 is 11.6 Å². The van der Waals surface area contributed by atoms with Gasteiger partial charge in [0.05, 0.1) is 16.4 Å². The number of nitrogens with zero attached hydrogens (tertiary/aromatic N) is 1. The summed E-state index contributed by atoms with van der Waals surface area (Å²) in [5, 5.41) is 29.9. The molecule has 0 heterocycles. The maximum atomic E-state index is 11.9. The molecule has 0 aliphatic rings. The molecule has 10 heteroatoms. The Balaban J connectivity index is 3.11. The Kier molecular flexibility index (Phi) is 5.19. The number of amides is 1. The van der Waals surface area contributed by atoms with Gasteiger partial charge < -0.3 is 15.5 Å². The van der Waals surface area contributed by atoms with Crippen molar-refractivity contribution in [2.75, 3.05) is 0 Å². The van der Waals surface area contributed by atoms with Crippen molar-refractivity contribution in [3.63, 3.8) is 0 Å². The van der Waals surface area contributed by atoms with Crippen molar-refractivity contribution in [1.82, 2.24) is 5.32 Å². The number of carboxylic acids is 2. The van der Waals surface area contributed by atoms with Crippen LogP contribution in [0.5, 0.6) is 0 Å². The molecule has 1 atom stereocenters. The number of hydrogen-bond acceptors (Lipinski definition) is 5. The van der Waals surface area contributed by atoms with Gasteiger partial charge in [-0.1, -0.05) is 17.7 Å². The predicted molar refractivity (Wildman–Crippen MR) is 69.2 cm³/mol. The number of hydrogen-bond donors (Lipinski definition) is 3. The van der Waals surface area contributed by atoms with E-state index in [1.54, 1.807) is 0 Å². The Hall–Kier alpha value is -2.68. The summed E-state index contributed by atoms with van der Waals surface area (Å²) in [6.07, 6.45) is -0.876. The molecule has 1 aromatic rings. The third-order valence-electron chi connectivity index (χ3n) is 2.40. The first-order valence-corrected chi connectivity index (χ1v) is 5.80. The number of carbonyl (C=O) groups excluding carboxylic acids is 1. The van der Waals surface area contributed by atoms with Crippen molar-refractivity contribution in [2.45, 2.75) is 12.5 Å². The van der Waals surface area contributed by atoms with Gasteiger partial charge in [-0.2, -0.15) is 0 Å². The topological polar surface area (TPSA) is 147 Å². The van der Waals surface area contributed by atoms with E-state index in [9.17, 15) is 24.5 Å². The van der Waals surface area contributed by atoms with E-state index in [0.717, 1.165) is 6.07 Å². The fourth-order valence-corrected chi connectivity index (χ4v) is 1.75.